The van der Waals surface area contributed by atoms with Crippen LogP contribution >= 0.6 is 11.3 Å². The highest BCUT2D eigenvalue weighted by Gasteiger charge is 2.23. The molecule has 4 rings (SSSR count). The minimum Gasteiger partial charge on any atom is -0.383 e. The molecule has 12 nitrogen and oxygen atoms in total. The molecule has 0 radical (unpaired) electrons. The average Bonchev–Trinajstić information content (AvgIpc) is 3.41. The van der Waals surface area contributed by atoms with Gasteiger partial charge in [0.25, 0.3) is 11.6 Å². The van der Waals surface area contributed by atoms with E-state index in [1.165, 1.54) is 35.5 Å². The van der Waals surface area contributed by atoms with Crippen molar-refractivity contribution in [2.75, 3.05) is 63.2 Å². The zero-order chi connectivity index (χ0) is 28.5. The van der Waals surface area contributed by atoms with Crippen LogP contribution in [0.1, 0.15) is 16.1 Å². The number of non-ortho nitro benzene ring substituents is 1. The van der Waals surface area contributed by atoms with E-state index in [4.69, 9.17) is 4.74 Å². The van der Waals surface area contributed by atoms with Gasteiger partial charge < -0.3 is 24.8 Å². The highest BCUT2D eigenvalue weighted by Crippen LogP contribution is 2.21. The van der Waals surface area contributed by atoms with Crippen molar-refractivity contribution < 1.29 is 24.0 Å². The van der Waals surface area contributed by atoms with E-state index in [9.17, 15) is 24.5 Å². The number of ether oxygens (including phenoxy) is 1. The number of carbonyl (C=O) groups excluding carboxylic acids is 3. The van der Waals surface area contributed by atoms with Crippen LogP contribution in [0.25, 0.3) is 0 Å². The number of carbonyl (C=O) groups is 3. The molecule has 3 aromatic rings. The molecular formula is C27H30N6O6S. The molecule has 0 unspecified atom stereocenters. The maximum Gasteiger partial charge on any atom is 0.269 e. The molecule has 3 amide bonds. The number of hydrogen-bond donors (Lipinski definition) is 1. The molecule has 0 saturated carbocycles. The van der Waals surface area contributed by atoms with Crippen LogP contribution < -0.4 is 10.2 Å². The molecule has 1 aliphatic rings. The van der Waals surface area contributed by atoms with Crippen LogP contribution in [0.15, 0.2) is 60.0 Å². The summed E-state index contributed by atoms with van der Waals surface area (Å²) in [5, 5.41) is 15.7. The molecule has 40 heavy (non-hydrogen) atoms. The number of aromatic nitrogens is 1. The Bertz CT molecular complexity index is 1320. The van der Waals surface area contributed by atoms with E-state index in [2.05, 4.69) is 15.2 Å². The standard InChI is InChI=1S/C27H30N6O6S/c1-39-16-15-32(26(36)20-5-3-2-4-6-20)18-24(34)29-27-28-21(19-40-27)17-25(35)31-13-11-30(12-14-31)22-7-9-23(10-8-22)33(37)38/h2-10,19H,11-18H2,1H3,(H,28,29,34). The zero-order valence-electron chi connectivity index (χ0n) is 22.0. The minimum absolute atomic E-state index is 0.0421. The molecule has 1 aromatic heterocycles. The highest BCUT2D eigenvalue weighted by molar-refractivity contribution is 7.13. The number of anilines is 2. The van der Waals surface area contributed by atoms with Gasteiger partial charge in [0.05, 0.1) is 23.6 Å². The Balaban J connectivity index is 1.26. The zero-order valence-corrected chi connectivity index (χ0v) is 22.8. The lowest BCUT2D eigenvalue weighted by Gasteiger charge is -2.36. The quantitative estimate of drug-likeness (QED) is 0.276. The summed E-state index contributed by atoms with van der Waals surface area (Å²) in [6.07, 6.45) is 0.107. The van der Waals surface area contributed by atoms with Crippen LogP contribution in [-0.2, 0) is 20.7 Å². The van der Waals surface area contributed by atoms with Gasteiger partial charge >= 0.3 is 0 Å². The monoisotopic (exact) mass is 566 g/mol. The average molecular weight is 567 g/mol. The van der Waals surface area contributed by atoms with Gasteiger partial charge in [0.15, 0.2) is 5.13 Å². The van der Waals surface area contributed by atoms with Gasteiger partial charge in [-0.2, -0.15) is 0 Å². The highest BCUT2D eigenvalue weighted by atomic mass is 32.1. The summed E-state index contributed by atoms with van der Waals surface area (Å²) in [5.74, 6) is -0.729. The number of hydrogen-bond acceptors (Lipinski definition) is 9. The van der Waals surface area contributed by atoms with Crippen LogP contribution in [0.2, 0.25) is 0 Å². The van der Waals surface area contributed by atoms with Crippen molar-refractivity contribution in [1.29, 1.82) is 0 Å². The Morgan fingerprint density at radius 3 is 2.42 bits per heavy atom. The van der Waals surface area contributed by atoms with Gasteiger partial charge in [-0.3, -0.25) is 24.5 Å². The van der Waals surface area contributed by atoms with Crippen LogP contribution in [0, 0.1) is 10.1 Å². The van der Waals surface area contributed by atoms with Crippen LogP contribution in [0.3, 0.4) is 0 Å². The van der Waals surface area contributed by atoms with Gasteiger partial charge in [-0.25, -0.2) is 4.98 Å². The molecule has 1 aliphatic heterocycles. The summed E-state index contributed by atoms with van der Waals surface area (Å²) in [6.45, 7) is 2.66. The second kappa shape index (κ2) is 13.6. The van der Waals surface area contributed by atoms with Crippen molar-refractivity contribution in [2.45, 2.75) is 6.42 Å². The fourth-order valence-electron chi connectivity index (χ4n) is 4.26. The number of amides is 3. The number of benzene rings is 2. The maximum atomic E-state index is 12.9. The lowest BCUT2D eigenvalue weighted by atomic mass is 10.2. The van der Waals surface area contributed by atoms with Crippen molar-refractivity contribution in [3.05, 3.63) is 81.3 Å². The van der Waals surface area contributed by atoms with E-state index in [0.717, 1.165) is 5.69 Å². The summed E-state index contributed by atoms with van der Waals surface area (Å²) in [7, 11) is 1.53. The maximum absolute atomic E-state index is 12.9. The number of methoxy groups -OCH3 is 1. The molecule has 2 aromatic carbocycles. The van der Waals surface area contributed by atoms with Crippen LogP contribution in [0.5, 0.6) is 0 Å². The summed E-state index contributed by atoms with van der Waals surface area (Å²) in [6, 6.07) is 15.1. The topological polar surface area (TPSA) is 138 Å². The normalized spacial score (nSPS) is 13.1. The van der Waals surface area contributed by atoms with Gasteiger partial charge in [0.2, 0.25) is 11.8 Å². The second-order valence-corrected chi connectivity index (χ2v) is 9.95. The van der Waals surface area contributed by atoms with Gasteiger partial charge in [-0.05, 0) is 24.3 Å². The predicted octanol–water partition coefficient (Wildman–Crippen LogP) is 2.67. The van der Waals surface area contributed by atoms with Crippen LogP contribution in [0.4, 0.5) is 16.5 Å². The predicted molar refractivity (Wildman–Crippen MR) is 151 cm³/mol. The number of nitro benzene ring substituents is 1. The molecule has 0 aliphatic carbocycles. The molecule has 13 heteroatoms. The number of thiazole rings is 1. The Labute approximate surface area is 235 Å². The van der Waals surface area contributed by atoms with Crippen molar-refractivity contribution in [1.82, 2.24) is 14.8 Å². The third-order valence-electron chi connectivity index (χ3n) is 6.40. The lowest BCUT2D eigenvalue weighted by molar-refractivity contribution is -0.384. The van der Waals surface area contributed by atoms with Crippen molar-refractivity contribution >= 4 is 45.6 Å². The fourth-order valence-corrected chi connectivity index (χ4v) is 4.99. The summed E-state index contributed by atoms with van der Waals surface area (Å²) in [5.41, 5.74) is 1.96. The van der Waals surface area contributed by atoms with E-state index in [1.54, 1.807) is 46.7 Å². The molecule has 0 spiro atoms. The second-order valence-electron chi connectivity index (χ2n) is 9.10. The van der Waals surface area contributed by atoms with Gasteiger partial charge in [-0.15, -0.1) is 11.3 Å². The molecule has 1 saturated heterocycles. The van der Waals surface area contributed by atoms with Crippen molar-refractivity contribution in [3.8, 4) is 0 Å². The molecule has 1 fully saturated rings. The smallest absolute Gasteiger partial charge is 0.269 e. The first kappa shape index (κ1) is 28.6. The molecular weight excluding hydrogens is 536 g/mol. The Hall–Kier alpha value is -4.36. The lowest BCUT2D eigenvalue weighted by Crippen LogP contribution is -2.49. The molecule has 210 valence electrons. The number of nitro groups is 1. The largest absolute Gasteiger partial charge is 0.383 e. The summed E-state index contributed by atoms with van der Waals surface area (Å²) in [4.78, 5) is 58.5. The number of nitrogens with one attached hydrogen (secondary N) is 1. The van der Waals surface area contributed by atoms with Crippen molar-refractivity contribution in [3.63, 3.8) is 0 Å². The Morgan fingerprint density at radius 2 is 1.77 bits per heavy atom. The van der Waals surface area contributed by atoms with Gasteiger partial charge in [0.1, 0.15) is 6.54 Å². The van der Waals surface area contributed by atoms with Crippen molar-refractivity contribution in [2.24, 2.45) is 0 Å². The molecule has 0 atom stereocenters. The SMILES string of the molecule is COCCN(CC(=O)Nc1nc(CC(=O)N2CCN(c3ccc([N+](=O)[O-])cc3)CC2)cs1)C(=O)c1ccccc1. The fraction of sp³-hybridized carbons (Fsp3) is 0.333. The molecule has 1 N–H and O–H groups in total. The first-order valence-electron chi connectivity index (χ1n) is 12.7. The Kier molecular flexibility index (Phi) is 9.76. The number of nitrogens with zero attached hydrogens (tertiary/aromatic N) is 5. The first-order chi connectivity index (χ1) is 19.3. The third kappa shape index (κ3) is 7.61. The number of rotatable bonds is 11. The Morgan fingerprint density at radius 1 is 1.07 bits per heavy atom. The minimum atomic E-state index is -0.430. The van der Waals surface area contributed by atoms with E-state index in [0.29, 0.717) is 42.6 Å². The van der Waals surface area contributed by atoms with Gasteiger partial charge in [0, 0.05) is 68.6 Å². The summed E-state index contributed by atoms with van der Waals surface area (Å²) >= 11 is 1.22. The van der Waals surface area contributed by atoms with E-state index >= 15 is 0 Å². The van der Waals surface area contributed by atoms with E-state index in [-0.39, 0.29) is 43.6 Å². The van der Waals surface area contributed by atoms with E-state index < -0.39 is 10.8 Å². The first-order valence-corrected chi connectivity index (χ1v) is 13.6. The third-order valence-corrected chi connectivity index (χ3v) is 7.20. The molecule has 0 bridgehead atoms. The van der Waals surface area contributed by atoms with Gasteiger partial charge in [-0.1, -0.05) is 18.2 Å². The number of piperazine rings is 1. The summed E-state index contributed by atoms with van der Waals surface area (Å²) < 4.78 is 5.09. The van der Waals surface area contributed by atoms with Crippen LogP contribution in [-0.4, -0.2) is 90.4 Å². The molecule has 2 heterocycles. The van der Waals surface area contributed by atoms with E-state index in [1.807, 2.05) is 6.07 Å².